The number of anilines is 2. The third kappa shape index (κ3) is 2.91. The molecule has 2 rings (SSSR count). The molecule has 0 aromatic carbocycles. The molecule has 0 atom stereocenters. The molecule has 0 unspecified atom stereocenters. The lowest BCUT2D eigenvalue weighted by atomic mass is 10.4. The van der Waals surface area contributed by atoms with Crippen molar-refractivity contribution in [2.45, 2.75) is 0 Å². The number of aryl methyl sites for hydroxylation is 1. The molecular weight excluding hydrogens is 244 g/mol. The van der Waals surface area contributed by atoms with Crippen LogP contribution in [0.3, 0.4) is 0 Å². The predicted octanol–water partition coefficient (Wildman–Crippen LogP) is 0.466. The number of nitrogens with two attached hydrogens (primary N) is 1. The zero-order chi connectivity index (χ0) is 11.5. The van der Waals surface area contributed by atoms with Gasteiger partial charge in [0.2, 0.25) is 0 Å². The third-order valence-corrected chi connectivity index (χ3v) is 1.90. The zero-order valence-corrected chi connectivity index (χ0v) is 9.81. The van der Waals surface area contributed by atoms with Crippen LogP contribution < -0.4 is 11.1 Å². The summed E-state index contributed by atoms with van der Waals surface area (Å²) in [6.07, 6.45) is 4.55. The van der Waals surface area contributed by atoms with Crippen LogP contribution in [0.25, 0.3) is 0 Å². The van der Waals surface area contributed by atoms with E-state index in [9.17, 15) is 4.79 Å². The Kier molecular flexibility index (Phi) is 4.00. The van der Waals surface area contributed by atoms with E-state index in [1.165, 1.54) is 12.4 Å². The second-order valence-corrected chi connectivity index (χ2v) is 3.12. The normalized spacial score (nSPS) is 9.47. The maximum Gasteiger partial charge on any atom is 0.279 e. The first-order chi connectivity index (χ1) is 7.66. The summed E-state index contributed by atoms with van der Waals surface area (Å²) in [5, 5.41) is 6.57. The molecule has 2 heterocycles. The highest BCUT2D eigenvalue weighted by molar-refractivity contribution is 6.05. The lowest BCUT2D eigenvalue weighted by Gasteiger charge is -2.02. The van der Waals surface area contributed by atoms with Gasteiger partial charge in [0.05, 0.1) is 0 Å². The van der Waals surface area contributed by atoms with Crippen LogP contribution in [-0.2, 0) is 7.05 Å². The quantitative estimate of drug-likeness (QED) is 0.812. The number of aromatic nitrogens is 4. The maximum absolute atomic E-state index is 11.7. The summed E-state index contributed by atoms with van der Waals surface area (Å²) in [5.74, 6) is 0.109. The van der Waals surface area contributed by atoms with Crippen LogP contribution in [0.1, 0.15) is 10.5 Å². The molecule has 3 N–H and O–H groups in total. The van der Waals surface area contributed by atoms with Crippen molar-refractivity contribution in [3.63, 3.8) is 0 Å². The van der Waals surface area contributed by atoms with Crippen LogP contribution in [0.15, 0.2) is 24.7 Å². The summed E-state index contributed by atoms with van der Waals surface area (Å²) in [6.45, 7) is 0. The summed E-state index contributed by atoms with van der Waals surface area (Å²) in [5.41, 5.74) is 5.61. The molecule has 0 spiro atoms. The number of hydrogen-bond donors (Lipinski definition) is 2. The first-order valence-electron chi connectivity index (χ1n) is 4.54. The Morgan fingerprint density at radius 3 is 2.71 bits per heavy atom. The average Bonchev–Trinajstić information content (AvgIpc) is 2.64. The Bertz CT molecular complexity index is 526. The number of nitrogens with zero attached hydrogens (tertiary/aromatic N) is 4. The van der Waals surface area contributed by atoms with Crippen LogP contribution in [-0.4, -0.2) is 25.7 Å². The lowest BCUT2D eigenvalue weighted by molar-refractivity contribution is 0.102. The molecule has 0 aliphatic rings. The number of nitrogen functional groups attached to an aromatic ring is 1. The van der Waals surface area contributed by atoms with Gasteiger partial charge >= 0.3 is 0 Å². The van der Waals surface area contributed by atoms with Gasteiger partial charge in [-0.25, -0.2) is 9.97 Å². The number of nitrogens with one attached hydrogen (secondary N) is 1. The number of halogens is 1. The van der Waals surface area contributed by atoms with Gasteiger partial charge < -0.3 is 11.1 Å². The molecule has 90 valence electrons. The molecule has 0 saturated heterocycles. The number of hydrogen-bond acceptors (Lipinski definition) is 5. The van der Waals surface area contributed by atoms with E-state index in [0.717, 1.165) is 0 Å². The predicted molar refractivity (Wildman–Crippen MR) is 64.9 cm³/mol. The Labute approximate surface area is 103 Å². The van der Waals surface area contributed by atoms with E-state index in [-0.39, 0.29) is 23.9 Å². The minimum Gasteiger partial charge on any atom is -0.382 e. The number of rotatable bonds is 2. The summed E-state index contributed by atoms with van der Waals surface area (Å²) in [4.78, 5) is 19.3. The van der Waals surface area contributed by atoms with Crippen molar-refractivity contribution in [3.8, 4) is 0 Å². The number of amides is 1. The van der Waals surface area contributed by atoms with Gasteiger partial charge in [0.15, 0.2) is 17.3 Å². The van der Waals surface area contributed by atoms with Gasteiger partial charge in [0.1, 0.15) is 0 Å². The van der Waals surface area contributed by atoms with E-state index in [4.69, 9.17) is 5.73 Å². The average molecular weight is 255 g/mol. The van der Waals surface area contributed by atoms with E-state index in [1.807, 2.05) is 0 Å². The molecule has 0 fully saturated rings. The Hall–Kier alpha value is -2.15. The maximum atomic E-state index is 11.7. The van der Waals surface area contributed by atoms with Crippen molar-refractivity contribution in [3.05, 3.63) is 30.4 Å². The van der Waals surface area contributed by atoms with Crippen LogP contribution in [0, 0.1) is 0 Å². The van der Waals surface area contributed by atoms with E-state index in [1.54, 1.807) is 24.0 Å². The van der Waals surface area contributed by atoms with Crippen LogP contribution in [0.4, 0.5) is 11.6 Å². The largest absolute Gasteiger partial charge is 0.382 e. The lowest BCUT2D eigenvalue weighted by Crippen LogP contribution is -2.17. The van der Waals surface area contributed by atoms with E-state index in [2.05, 4.69) is 20.4 Å². The molecule has 8 heteroatoms. The van der Waals surface area contributed by atoms with Gasteiger partial charge in [0, 0.05) is 31.7 Å². The molecular formula is C9H11ClN6O. The standard InChI is InChI=1S/C9H10N6O.ClH/c1-15-5-2-6(14-15)13-9(16)7-8(10)12-4-3-11-7;/h2-5H,1H3,(H2,10,12)(H,13,14,16);1H. The fourth-order valence-electron chi connectivity index (χ4n) is 1.18. The molecule has 0 aliphatic carbocycles. The van der Waals surface area contributed by atoms with Crippen LogP contribution >= 0.6 is 12.4 Å². The fraction of sp³-hybridized carbons (Fsp3) is 0.111. The zero-order valence-electron chi connectivity index (χ0n) is 8.99. The minimum atomic E-state index is -0.427. The highest BCUT2D eigenvalue weighted by Crippen LogP contribution is 2.07. The molecule has 0 bridgehead atoms. The van der Waals surface area contributed by atoms with Crippen molar-refractivity contribution in [2.75, 3.05) is 11.1 Å². The van der Waals surface area contributed by atoms with Gasteiger partial charge in [-0.1, -0.05) is 0 Å². The summed E-state index contributed by atoms with van der Waals surface area (Å²) >= 11 is 0. The van der Waals surface area contributed by atoms with Crippen molar-refractivity contribution >= 4 is 29.9 Å². The Morgan fingerprint density at radius 2 is 2.12 bits per heavy atom. The number of carbonyl (C=O) groups excluding carboxylic acids is 1. The SMILES string of the molecule is Cl.Cn1ccc(NC(=O)c2nccnc2N)n1. The monoisotopic (exact) mass is 254 g/mol. The van der Waals surface area contributed by atoms with Gasteiger partial charge in [-0.2, -0.15) is 5.10 Å². The highest BCUT2D eigenvalue weighted by atomic mass is 35.5. The highest BCUT2D eigenvalue weighted by Gasteiger charge is 2.12. The Morgan fingerprint density at radius 1 is 1.41 bits per heavy atom. The molecule has 0 saturated carbocycles. The second kappa shape index (κ2) is 5.26. The fourth-order valence-corrected chi connectivity index (χ4v) is 1.18. The van der Waals surface area contributed by atoms with Gasteiger partial charge in [-0.3, -0.25) is 9.48 Å². The van der Waals surface area contributed by atoms with Crippen molar-refractivity contribution in [1.29, 1.82) is 0 Å². The van der Waals surface area contributed by atoms with Crippen molar-refractivity contribution in [1.82, 2.24) is 19.7 Å². The summed E-state index contributed by atoms with van der Waals surface area (Å²) < 4.78 is 1.58. The topological polar surface area (TPSA) is 98.7 Å². The molecule has 1 amide bonds. The van der Waals surface area contributed by atoms with E-state index in [0.29, 0.717) is 5.82 Å². The first kappa shape index (κ1) is 12.9. The van der Waals surface area contributed by atoms with Gasteiger partial charge in [-0.05, 0) is 0 Å². The van der Waals surface area contributed by atoms with E-state index >= 15 is 0 Å². The third-order valence-electron chi connectivity index (χ3n) is 1.90. The smallest absolute Gasteiger partial charge is 0.279 e. The van der Waals surface area contributed by atoms with Crippen molar-refractivity contribution < 1.29 is 4.79 Å². The number of carbonyl (C=O) groups is 1. The van der Waals surface area contributed by atoms with Crippen LogP contribution in [0.2, 0.25) is 0 Å². The molecule has 2 aromatic heterocycles. The molecule has 0 radical (unpaired) electrons. The first-order valence-corrected chi connectivity index (χ1v) is 4.54. The Balaban J connectivity index is 0.00000144. The van der Waals surface area contributed by atoms with Gasteiger partial charge in [-0.15, -0.1) is 12.4 Å². The summed E-state index contributed by atoms with van der Waals surface area (Å²) in [6, 6.07) is 1.67. The van der Waals surface area contributed by atoms with Gasteiger partial charge in [0.25, 0.3) is 5.91 Å². The van der Waals surface area contributed by atoms with E-state index < -0.39 is 5.91 Å². The molecule has 2 aromatic rings. The molecule has 17 heavy (non-hydrogen) atoms. The molecule has 0 aliphatic heterocycles. The minimum absolute atomic E-state index is 0. The second-order valence-electron chi connectivity index (χ2n) is 3.12. The van der Waals surface area contributed by atoms with Crippen molar-refractivity contribution in [2.24, 2.45) is 7.05 Å². The van der Waals surface area contributed by atoms with Crippen LogP contribution in [0.5, 0.6) is 0 Å². The summed E-state index contributed by atoms with van der Waals surface area (Å²) in [7, 11) is 1.76. The molecule has 7 nitrogen and oxygen atoms in total.